The highest BCUT2D eigenvalue weighted by Gasteiger charge is 2.27. The molecule has 0 fully saturated rings. The summed E-state index contributed by atoms with van der Waals surface area (Å²) in [6.07, 6.45) is 6.42. The van der Waals surface area contributed by atoms with Crippen LogP contribution in [0.5, 0.6) is 0 Å². The van der Waals surface area contributed by atoms with Crippen molar-refractivity contribution in [2.24, 2.45) is 11.3 Å². The van der Waals surface area contributed by atoms with Crippen molar-refractivity contribution >= 4 is 0 Å². The lowest BCUT2D eigenvalue weighted by atomic mass is 9.75. The van der Waals surface area contributed by atoms with Crippen LogP contribution in [-0.4, -0.2) is 13.1 Å². The second kappa shape index (κ2) is 9.25. The van der Waals surface area contributed by atoms with E-state index in [1.165, 1.54) is 43.2 Å². The van der Waals surface area contributed by atoms with Gasteiger partial charge in [-0.15, -0.1) is 0 Å². The molecule has 0 amide bonds. The lowest BCUT2D eigenvalue weighted by molar-refractivity contribution is 0.226. The van der Waals surface area contributed by atoms with Crippen molar-refractivity contribution in [2.75, 3.05) is 13.1 Å². The van der Waals surface area contributed by atoms with Crippen LogP contribution in [0.1, 0.15) is 64.5 Å². The van der Waals surface area contributed by atoms with E-state index in [0.717, 1.165) is 19.0 Å². The predicted octanol–water partition coefficient (Wildman–Crippen LogP) is 5.37. The zero-order chi connectivity index (χ0) is 15.7. The van der Waals surface area contributed by atoms with Gasteiger partial charge in [-0.25, -0.2) is 0 Å². The monoisotopic (exact) mass is 289 g/mol. The molecule has 0 aliphatic heterocycles. The molecule has 1 atom stereocenters. The van der Waals surface area contributed by atoms with Crippen molar-refractivity contribution in [3.63, 3.8) is 0 Å². The van der Waals surface area contributed by atoms with Crippen molar-refractivity contribution in [1.29, 1.82) is 0 Å². The highest BCUT2D eigenvalue weighted by molar-refractivity contribution is 5.23. The number of hydrogen-bond donors (Lipinski definition) is 1. The molecule has 0 radical (unpaired) electrons. The molecule has 1 rings (SSSR count). The molecule has 0 aromatic heterocycles. The van der Waals surface area contributed by atoms with Crippen molar-refractivity contribution in [2.45, 2.75) is 66.7 Å². The molecule has 1 aromatic carbocycles. The minimum absolute atomic E-state index is 0.415. The van der Waals surface area contributed by atoms with Gasteiger partial charge < -0.3 is 5.32 Å². The second-order valence-electron chi connectivity index (χ2n) is 7.15. The van der Waals surface area contributed by atoms with Crippen LogP contribution in [0.4, 0.5) is 0 Å². The quantitative estimate of drug-likeness (QED) is 0.610. The molecule has 0 aliphatic rings. The van der Waals surface area contributed by atoms with Crippen molar-refractivity contribution < 1.29 is 0 Å². The molecule has 21 heavy (non-hydrogen) atoms. The smallest absolute Gasteiger partial charge is 0.00110 e. The van der Waals surface area contributed by atoms with E-state index in [-0.39, 0.29) is 0 Å². The SMILES string of the molecule is CCCCC(CC)(CNCC(C)C)Cc1cccc(C)c1. The molecule has 1 nitrogen and oxygen atoms in total. The Balaban J connectivity index is 2.78. The summed E-state index contributed by atoms with van der Waals surface area (Å²) in [6.45, 7) is 13.7. The normalized spacial score (nSPS) is 14.4. The van der Waals surface area contributed by atoms with Gasteiger partial charge in [0.15, 0.2) is 0 Å². The van der Waals surface area contributed by atoms with Gasteiger partial charge in [0.05, 0.1) is 0 Å². The van der Waals surface area contributed by atoms with E-state index in [9.17, 15) is 0 Å². The predicted molar refractivity (Wildman–Crippen MR) is 94.8 cm³/mol. The van der Waals surface area contributed by atoms with Gasteiger partial charge in [0.25, 0.3) is 0 Å². The molecular formula is C20H35N. The first-order chi connectivity index (χ1) is 10.0. The molecule has 1 N–H and O–H groups in total. The highest BCUT2D eigenvalue weighted by atomic mass is 14.9. The van der Waals surface area contributed by atoms with Gasteiger partial charge in [-0.3, -0.25) is 0 Å². The molecule has 0 spiro atoms. The van der Waals surface area contributed by atoms with Crippen LogP contribution >= 0.6 is 0 Å². The highest BCUT2D eigenvalue weighted by Crippen LogP contribution is 2.33. The molecule has 1 heteroatoms. The van der Waals surface area contributed by atoms with Crippen LogP contribution in [0.3, 0.4) is 0 Å². The lowest BCUT2D eigenvalue weighted by Gasteiger charge is -2.34. The van der Waals surface area contributed by atoms with Gasteiger partial charge in [0, 0.05) is 6.54 Å². The number of benzene rings is 1. The van der Waals surface area contributed by atoms with Crippen LogP contribution in [0.15, 0.2) is 24.3 Å². The number of unbranched alkanes of at least 4 members (excludes halogenated alkanes) is 1. The average molecular weight is 290 g/mol. The van der Waals surface area contributed by atoms with E-state index >= 15 is 0 Å². The minimum Gasteiger partial charge on any atom is -0.316 e. The van der Waals surface area contributed by atoms with E-state index < -0.39 is 0 Å². The third-order valence-electron chi connectivity index (χ3n) is 4.52. The van der Waals surface area contributed by atoms with Gasteiger partial charge in [0.2, 0.25) is 0 Å². The average Bonchev–Trinajstić information content (AvgIpc) is 2.44. The molecular weight excluding hydrogens is 254 g/mol. The fourth-order valence-corrected chi connectivity index (χ4v) is 3.10. The van der Waals surface area contributed by atoms with Gasteiger partial charge in [-0.2, -0.15) is 0 Å². The second-order valence-corrected chi connectivity index (χ2v) is 7.15. The molecule has 0 aliphatic carbocycles. The largest absolute Gasteiger partial charge is 0.316 e. The van der Waals surface area contributed by atoms with Crippen LogP contribution < -0.4 is 5.32 Å². The maximum absolute atomic E-state index is 3.72. The Bertz CT molecular complexity index is 397. The first-order valence-electron chi connectivity index (χ1n) is 8.77. The van der Waals surface area contributed by atoms with Crippen molar-refractivity contribution in [1.82, 2.24) is 5.32 Å². The standard InChI is InChI=1S/C20H35N/c1-6-8-12-20(7-2,16-21-15-17(3)4)14-19-11-9-10-18(5)13-19/h9-11,13,17,21H,6-8,12,14-16H2,1-5H3. The lowest BCUT2D eigenvalue weighted by Crippen LogP contribution is -2.37. The van der Waals surface area contributed by atoms with Gasteiger partial charge in [-0.05, 0) is 49.6 Å². The van der Waals surface area contributed by atoms with Crippen molar-refractivity contribution in [3.8, 4) is 0 Å². The topological polar surface area (TPSA) is 12.0 Å². The Hall–Kier alpha value is -0.820. The van der Waals surface area contributed by atoms with Gasteiger partial charge >= 0.3 is 0 Å². The van der Waals surface area contributed by atoms with Crippen LogP contribution in [0, 0.1) is 18.3 Å². The minimum atomic E-state index is 0.415. The molecule has 0 saturated heterocycles. The van der Waals surface area contributed by atoms with Gasteiger partial charge in [-0.1, -0.05) is 70.4 Å². The molecule has 1 unspecified atom stereocenters. The Labute approximate surface area is 132 Å². The number of hydrogen-bond acceptors (Lipinski definition) is 1. The van der Waals surface area contributed by atoms with E-state index in [1.807, 2.05) is 0 Å². The first kappa shape index (κ1) is 18.2. The van der Waals surface area contributed by atoms with E-state index in [0.29, 0.717) is 5.41 Å². The Morgan fingerprint density at radius 3 is 2.52 bits per heavy atom. The number of aryl methyl sites for hydroxylation is 1. The molecule has 0 heterocycles. The number of nitrogens with one attached hydrogen (secondary N) is 1. The maximum atomic E-state index is 3.72. The summed E-state index contributed by atoms with van der Waals surface area (Å²) in [4.78, 5) is 0. The summed E-state index contributed by atoms with van der Waals surface area (Å²) in [5, 5.41) is 3.72. The Kier molecular flexibility index (Phi) is 8.03. The van der Waals surface area contributed by atoms with Crippen LogP contribution in [0.2, 0.25) is 0 Å². The zero-order valence-corrected chi connectivity index (χ0v) is 14.8. The van der Waals surface area contributed by atoms with E-state index in [4.69, 9.17) is 0 Å². The van der Waals surface area contributed by atoms with Crippen LogP contribution in [-0.2, 0) is 6.42 Å². The van der Waals surface area contributed by atoms with Crippen molar-refractivity contribution in [3.05, 3.63) is 35.4 Å². The Morgan fingerprint density at radius 2 is 1.95 bits per heavy atom. The zero-order valence-electron chi connectivity index (χ0n) is 14.8. The first-order valence-corrected chi connectivity index (χ1v) is 8.77. The maximum Gasteiger partial charge on any atom is 0.00110 e. The third-order valence-corrected chi connectivity index (χ3v) is 4.52. The third kappa shape index (κ3) is 6.65. The fraction of sp³-hybridized carbons (Fsp3) is 0.700. The Morgan fingerprint density at radius 1 is 1.19 bits per heavy atom. The molecule has 0 bridgehead atoms. The summed E-state index contributed by atoms with van der Waals surface area (Å²) in [5.41, 5.74) is 3.29. The van der Waals surface area contributed by atoms with Crippen LogP contribution in [0.25, 0.3) is 0 Å². The summed E-state index contributed by atoms with van der Waals surface area (Å²) in [6, 6.07) is 9.05. The molecule has 0 saturated carbocycles. The molecule has 1 aromatic rings. The summed E-state index contributed by atoms with van der Waals surface area (Å²) >= 11 is 0. The number of rotatable bonds is 10. The van der Waals surface area contributed by atoms with E-state index in [2.05, 4.69) is 64.2 Å². The van der Waals surface area contributed by atoms with E-state index in [1.54, 1.807) is 0 Å². The summed E-state index contributed by atoms with van der Waals surface area (Å²) in [5.74, 6) is 0.727. The van der Waals surface area contributed by atoms with Gasteiger partial charge in [0.1, 0.15) is 0 Å². The molecule has 120 valence electrons. The fourth-order valence-electron chi connectivity index (χ4n) is 3.10. The summed E-state index contributed by atoms with van der Waals surface area (Å²) in [7, 11) is 0. The summed E-state index contributed by atoms with van der Waals surface area (Å²) < 4.78 is 0.